The van der Waals surface area contributed by atoms with Crippen LogP contribution >= 0.6 is 0 Å². The van der Waals surface area contributed by atoms with Crippen LogP contribution in [-0.2, 0) is 22.3 Å². The number of carbonyl (C=O) groups is 2. The Balaban J connectivity index is 1.71. The molecule has 1 aliphatic rings. The first-order chi connectivity index (χ1) is 14.3. The smallest absolute Gasteiger partial charge is 0.407 e. The van der Waals surface area contributed by atoms with Gasteiger partial charge in [0.15, 0.2) is 0 Å². The van der Waals surface area contributed by atoms with Gasteiger partial charge in [-0.05, 0) is 44.7 Å². The standard InChI is InChI=1S/C24H30N2O4/c1-24(2,3)30-23(28)25-19(14-17-10-6-4-7-11-17)16-21-20(26-22(27)29-21)15-18-12-8-5-9-13-18/h4-13,19-21H,14-16H2,1-3H3,(H,25,28)(H,26,27)/t19-,20+,21+/m1/s1. The fourth-order valence-electron chi connectivity index (χ4n) is 3.61. The van der Waals surface area contributed by atoms with Gasteiger partial charge in [0.1, 0.15) is 11.7 Å². The lowest BCUT2D eigenvalue weighted by Gasteiger charge is -2.26. The Labute approximate surface area is 178 Å². The van der Waals surface area contributed by atoms with Crippen LogP contribution in [0.3, 0.4) is 0 Å². The highest BCUT2D eigenvalue weighted by atomic mass is 16.6. The monoisotopic (exact) mass is 410 g/mol. The van der Waals surface area contributed by atoms with Gasteiger partial charge >= 0.3 is 12.2 Å². The maximum absolute atomic E-state index is 12.4. The fourth-order valence-corrected chi connectivity index (χ4v) is 3.61. The number of benzene rings is 2. The summed E-state index contributed by atoms with van der Waals surface area (Å²) in [6.45, 7) is 5.49. The molecule has 1 fully saturated rings. The van der Waals surface area contributed by atoms with Gasteiger partial charge < -0.3 is 20.1 Å². The Kier molecular flexibility index (Phi) is 6.98. The second-order valence-electron chi connectivity index (χ2n) is 8.65. The number of nitrogens with one attached hydrogen (secondary N) is 2. The maximum Gasteiger partial charge on any atom is 0.407 e. The van der Waals surface area contributed by atoms with Gasteiger partial charge in [0.2, 0.25) is 0 Å². The van der Waals surface area contributed by atoms with Crippen molar-refractivity contribution in [2.75, 3.05) is 0 Å². The first-order valence-corrected chi connectivity index (χ1v) is 10.3. The van der Waals surface area contributed by atoms with E-state index in [1.54, 1.807) is 0 Å². The van der Waals surface area contributed by atoms with Gasteiger partial charge in [-0.3, -0.25) is 0 Å². The lowest BCUT2D eigenvalue weighted by atomic mass is 9.94. The molecule has 160 valence electrons. The molecular weight excluding hydrogens is 380 g/mol. The summed E-state index contributed by atoms with van der Waals surface area (Å²) in [5, 5.41) is 5.88. The van der Waals surface area contributed by atoms with Crippen molar-refractivity contribution in [3.05, 3.63) is 71.8 Å². The van der Waals surface area contributed by atoms with Crippen molar-refractivity contribution in [1.82, 2.24) is 10.6 Å². The zero-order valence-electron chi connectivity index (χ0n) is 17.8. The molecule has 6 nitrogen and oxygen atoms in total. The predicted octanol–water partition coefficient (Wildman–Crippen LogP) is 4.23. The van der Waals surface area contributed by atoms with Crippen molar-refractivity contribution in [3.63, 3.8) is 0 Å². The van der Waals surface area contributed by atoms with Crippen LogP contribution in [0.5, 0.6) is 0 Å². The molecule has 2 aromatic carbocycles. The molecule has 3 rings (SSSR count). The van der Waals surface area contributed by atoms with Crippen molar-refractivity contribution in [2.24, 2.45) is 0 Å². The van der Waals surface area contributed by atoms with E-state index >= 15 is 0 Å². The largest absolute Gasteiger partial charge is 0.444 e. The number of rotatable bonds is 7. The van der Waals surface area contributed by atoms with Gasteiger partial charge in [-0.25, -0.2) is 9.59 Å². The summed E-state index contributed by atoms with van der Waals surface area (Å²) in [5.74, 6) is 0. The number of ether oxygens (including phenoxy) is 2. The van der Waals surface area contributed by atoms with E-state index in [9.17, 15) is 9.59 Å². The molecular formula is C24H30N2O4. The number of carbonyl (C=O) groups excluding carboxylic acids is 2. The van der Waals surface area contributed by atoms with Gasteiger partial charge in [-0.2, -0.15) is 0 Å². The molecule has 0 unspecified atom stereocenters. The molecule has 1 heterocycles. The highest BCUT2D eigenvalue weighted by molar-refractivity contribution is 5.70. The van der Waals surface area contributed by atoms with Crippen molar-refractivity contribution in [2.45, 2.75) is 63.8 Å². The molecule has 0 saturated carbocycles. The Morgan fingerprint density at radius 2 is 1.67 bits per heavy atom. The molecule has 2 amide bonds. The third kappa shape index (κ3) is 6.79. The number of hydrogen-bond donors (Lipinski definition) is 2. The molecule has 0 radical (unpaired) electrons. The number of alkyl carbamates (subject to hydrolysis) is 2. The normalized spacial score (nSPS) is 19.5. The first kappa shape index (κ1) is 21.7. The molecule has 2 aromatic rings. The summed E-state index contributed by atoms with van der Waals surface area (Å²) in [5.41, 5.74) is 1.63. The van der Waals surface area contributed by atoms with E-state index in [1.165, 1.54) is 0 Å². The average molecular weight is 411 g/mol. The summed E-state index contributed by atoms with van der Waals surface area (Å²) in [4.78, 5) is 24.4. The third-order valence-corrected chi connectivity index (χ3v) is 4.87. The van der Waals surface area contributed by atoms with Gasteiger partial charge in [0, 0.05) is 12.5 Å². The van der Waals surface area contributed by atoms with Gasteiger partial charge in [-0.15, -0.1) is 0 Å². The van der Waals surface area contributed by atoms with Crippen LogP contribution in [0.1, 0.15) is 38.3 Å². The predicted molar refractivity (Wildman–Crippen MR) is 115 cm³/mol. The number of cyclic esters (lactones) is 1. The lowest BCUT2D eigenvalue weighted by Crippen LogP contribution is -2.44. The average Bonchev–Trinajstić information content (AvgIpc) is 3.00. The van der Waals surface area contributed by atoms with Crippen LogP contribution in [-0.4, -0.2) is 36.0 Å². The molecule has 3 atom stereocenters. The fraction of sp³-hybridized carbons (Fsp3) is 0.417. The van der Waals surface area contributed by atoms with Gasteiger partial charge in [-0.1, -0.05) is 60.7 Å². The van der Waals surface area contributed by atoms with Crippen molar-refractivity contribution < 1.29 is 19.1 Å². The minimum Gasteiger partial charge on any atom is -0.444 e. The molecule has 1 aliphatic heterocycles. The molecule has 1 saturated heterocycles. The van der Waals surface area contributed by atoms with Crippen LogP contribution in [0, 0.1) is 0 Å². The molecule has 0 bridgehead atoms. The highest BCUT2D eigenvalue weighted by Crippen LogP contribution is 2.21. The van der Waals surface area contributed by atoms with E-state index in [1.807, 2.05) is 81.4 Å². The van der Waals surface area contributed by atoms with Crippen LogP contribution < -0.4 is 10.6 Å². The van der Waals surface area contributed by atoms with Gasteiger partial charge in [0.25, 0.3) is 0 Å². The topological polar surface area (TPSA) is 76.7 Å². The second kappa shape index (κ2) is 9.65. The van der Waals surface area contributed by atoms with Crippen molar-refractivity contribution >= 4 is 12.2 Å². The zero-order chi connectivity index (χ0) is 21.6. The Bertz CT molecular complexity index is 833. The summed E-state index contributed by atoms with van der Waals surface area (Å²) in [6.07, 6.45) is 0.538. The summed E-state index contributed by atoms with van der Waals surface area (Å²) >= 11 is 0. The quantitative estimate of drug-likeness (QED) is 0.716. The molecule has 0 aromatic heterocycles. The lowest BCUT2D eigenvalue weighted by molar-refractivity contribution is 0.0482. The van der Waals surface area contributed by atoms with E-state index in [0.717, 1.165) is 11.1 Å². The van der Waals surface area contributed by atoms with Crippen LogP contribution in [0.2, 0.25) is 0 Å². The van der Waals surface area contributed by atoms with Gasteiger partial charge in [0.05, 0.1) is 6.04 Å². The third-order valence-electron chi connectivity index (χ3n) is 4.87. The van der Waals surface area contributed by atoms with Crippen molar-refractivity contribution in [3.8, 4) is 0 Å². The van der Waals surface area contributed by atoms with E-state index in [-0.39, 0.29) is 18.2 Å². The summed E-state index contributed by atoms with van der Waals surface area (Å²) < 4.78 is 11.0. The van der Waals surface area contributed by atoms with Crippen molar-refractivity contribution in [1.29, 1.82) is 0 Å². The van der Waals surface area contributed by atoms with E-state index in [0.29, 0.717) is 19.3 Å². The van der Waals surface area contributed by atoms with E-state index in [2.05, 4.69) is 10.6 Å². The Morgan fingerprint density at radius 1 is 1.07 bits per heavy atom. The minimum absolute atomic E-state index is 0.154. The molecule has 30 heavy (non-hydrogen) atoms. The molecule has 6 heteroatoms. The van der Waals surface area contributed by atoms with Crippen LogP contribution in [0.4, 0.5) is 9.59 Å². The van der Waals surface area contributed by atoms with E-state index in [4.69, 9.17) is 9.47 Å². The molecule has 0 aliphatic carbocycles. The summed E-state index contributed by atoms with van der Waals surface area (Å²) in [7, 11) is 0. The zero-order valence-corrected chi connectivity index (χ0v) is 17.8. The molecule has 2 N–H and O–H groups in total. The second-order valence-corrected chi connectivity index (χ2v) is 8.65. The first-order valence-electron chi connectivity index (χ1n) is 10.3. The maximum atomic E-state index is 12.4. The van der Waals surface area contributed by atoms with Crippen LogP contribution in [0.15, 0.2) is 60.7 Å². The number of amides is 2. The van der Waals surface area contributed by atoms with E-state index < -0.39 is 17.8 Å². The van der Waals surface area contributed by atoms with Crippen LogP contribution in [0.25, 0.3) is 0 Å². The minimum atomic E-state index is -0.585. The molecule has 0 spiro atoms. The summed E-state index contributed by atoms with van der Waals surface area (Å²) in [6, 6.07) is 19.5. The Hall–Kier alpha value is -3.02. The SMILES string of the molecule is CC(C)(C)OC(=O)N[C@H](Cc1ccccc1)C[C@@H]1OC(=O)N[C@H]1Cc1ccccc1. The number of hydrogen-bond acceptors (Lipinski definition) is 4. The highest BCUT2D eigenvalue weighted by Gasteiger charge is 2.36. The Morgan fingerprint density at radius 3 is 2.27 bits per heavy atom.